The van der Waals surface area contributed by atoms with Crippen LogP contribution in [0.25, 0.3) is 0 Å². The number of hydrogen-bond donors (Lipinski definition) is 1. The normalized spacial score (nSPS) is 12.3. The molecule has 1 unspecified atom stereocenters. The molecule has 1 atom stereocenters. The second-order valence-electron chi connectivity index (χ2n) is 5.86. The van der Waals surface area contributed by atoms with Crippen molar-refractivity contribution < 1.29 is 27.5 Å². The third-order valence-corrected chi connectivity index (χ3v) is 3.63. The van der Waals surface area contributed by atoms with Crippen molar-refractivity contribution >= 4 is 17.6 Å². The standard InChI is InChI=1S/C19H18F3NO3/c1-12-3-5-14(6-4-12)11-17(24)26-13(2)18(25)23-16-9-7-15(8-10-16)19(20,21)22/h3-10,13H,11H2,1-2H3,(H,23,25). The summed E-state index contributed by atoms with van der Waals surface area (Å²) < 4.78 is 42.6. The number of halogens is 3. The van der Waals surface area contributed by atoms with Crippen molar-refractivity contribution in [3.8, 4) is 0 Å². The summed E-state index contributed by atoms with van der Waals surface area (Å²) in [5.74, 6) is -1.19. The Hall–Kier alpha value is -2.83. The summed E-state index contributed by atoms with van der Waals surface area (Å²) in [5, 5.41) is 2.41. The molecule has 0 saturated carbocycles. The first kappa shape index (κ1) is 19.5. The van der Waals surface area contributed by atoms with Gasteiger partial charge in [0.15, 0.2) is 6.10 Å². The molecule has 1 amide bonds. The largest absolute Gasteiger partial charge is 0.452 e. The number of ether oxygens (including phenoxy) is 1. The van der Waals surface area contributed by atoms with Crippen LogP contribution in [-0.2, 0) is 26.9 Å². The van der Waals surface area contributed by atoms with Crippen LogP contribution in [0, 0.1) is 6.92 Å². The highest BCUT2D eigenvalue weighted by molar-refractivity contribution is 5.95. The highest BCUT2D eigenvalue weighted by Crippen LogP contribution is 2.29. The van der Waals surface area contributed by atoms with Gasteiger partial charge in [-0.15, -0.1) is 0 Å². The Morgan fingerprint density at radius 1 is 1.04 bits per heavy atom. The zero-order valence-corrected chi connectivity index (χ0v) is 14.3. The minimum absolute atomic E-state index is 0.0260. The molecule has 0 aliphatic heterocycles. The Morgan fingerprint density at radius 2 is 1.62 bits per heavy atom. The number of esters is 1. The van der Waals surface area contributed by atoms with Crippen LogP contribution in [0.1, 0.15) is 23.6 Å². The third-order valence-electron chi connectivity index (χ3n) is 3.63. The Labute approximate surface area is 149 Å². The zero-order chi connectivity index (χ0) is 19.3. The number of carbonyl (C=O) groups excluding carboxylic acids is 2. The minimum atomic E-state index is -4.44. The molecule has 0 aliphatic carbocycles. The van der Waals surface area contributed by atoms with Crippen molar-refractivity contribution in [1.82, 2.24) is 0 Å². The van der Waals surface area contributed by atoms with Crippen LogP contribution in [0.5, 0.6) is 0 Å². The van der Waals surface area contributed by atoms with Crippen molar-refractivity contribution in [2.75, 3.05) is 5.32 Å². The number of anilines is 1. The molecule has 2 aromatic rings. The predicted octanol–water partition coefficient (Wildman–Crippen LogP) is 4.13. The fraction of sp³-hybridized carbons (Fsp3) is 0.263. The van der Waals surface area contributed by atoms with E-state index < -0.39 is 29.7 Å². The Kier molecular flexibility index (Phi) is 6.02. The van der Waals surface area contributed by atoms with Gasteiger partial charge in [-0.3, -0.25) is 9.59 Å². The zero-order valence-electron chi connectivity index (χ0n) is 14.3. The van der Waals surface area contributed by atoms with Gasteiger partial charge in [0.2, 0.25) is 0 Å². The molecule has 0 spiro atoms. The average molecular weight is 365 g/mol. The smallest absolute Gasteiger partial charge is 0.416 e. The third kappa shape index (κ3) is 5.61. The maximum atomic E-state index is 12.5. The first-order valence-corrected chi connectivity index (χ1v) is 7.88. The van der Waals surface area contributed by atoms with Crippen LogP contribution in [-0.4, -0.2) is 18.0 Å². The van der Waals surface area contributed by atoms with E-state index in [4.69, 9.17) is 4.74 Å². The van der Waals surface area contributed by atoms with Crippen LogP contribution in [0.15, 0.2) is 48.5 Å². The van der Waals surface area contributed by atoms with Gasteiger partial charge in [-0.1, -0.05) is 29.8 Å². The van der Waals surface area contributed by atoms with Gasteiger partial charge >= 0.3 is 12.1 Å². The number of carbonyl (C=O) groups is 2. The van der Waals surface area contributed by atoms with Gasteiger partial charge < -0.3 is 10.1 Å². The Balaban J connectivity index is 1.88. The first-order valence-electron chi connectivity index (χ1n) is 7.88. The van der Waals surface area contributed by atoms with Gasteiger partial charge in [0, 0.05) is 5.69 Å². The topological polar surface area (TPSA) is 55.4 Å². The minimum Gasteiger partial charge on any atom is -0.452 e. The summed E-state index contributed by atoms with van der Waals surface area (Å²) in [5.41, 5.74) is 1.19. The molecule has 0 radical (unpaired) electrons. The van der Waals surface area contributed by atoms with Gasteiger partial charge in [-0.2, -0.15) is 13.2 Å². The number of benzene rings is 2. The Bertz CT molecular complexity index is 768. The van der Waals surface area contributed by atoms with Gasteiger partial charge in [0.05, 0.1) is 12.0 Å². The molecule has 138 valence electrons. The number of nitrogens with one attached hydrogen (secondary N) is 1. The lowest BCUT2D eigenvalue weighted by molar-refractivity contribution is -0.152. The van der Waals surface area contributed by atoms with E-state index in [2.05, 4.69) is 5.32 Å². The molecule has 0 saturated heterocycles. The van der Waals surface area contributed by atoms with E-state index in [0.29, 0.717) is 0 Å². The van der Waals surface area contributed by atoms with Gasteiger partial charge in [-0.25, -0.2) is 0 Å². The van der Waals surface area contributed by atoms with Crippen molar-refractivity contribution in [3.63, 3.8) is 0 Å². The molecule has 2 aromatic carbocycles. The maximum absolute atomic E-state index is 12.5. The molecule has 7 heteroatoms. The predicted molar refractivity (Wildman–Crippen MR) is 90.5 cm³/mol. The second-order valence-corrected chi connectivity index (χ2v) is 5.86. The van der Waals surface area contributed by atoms with Gasteiger partial charge in [0.1, 0.15) is 0 Å². The number of alkyl halides is 3. The molecule has 0 fully saturated rings. The molecule has 0 heterocycles. The van der Waals surface area contributed by atoms with E-state index in [9.17, 15) is 22.8 Å². The fourth-order valence-corrected chi connectivity index (χ4v) is 2.15. The number of hydrogen-bond acceptors (Lipinski definition) is 3. The molecule has 2 rings (SSSR count). The molecular formula is C19H18F3NO3. The lowest BCUT2D eigenvalue weighted by atomic mass is 10.1. The molecular weight excluding hydrogens is 347 g/mol. The quantitative estimate of drug-likeness (QED) is 0.811. The first-order chi connectivity index (χ1) is 12.1. The van der Waals surface area contributed by atoms with E-state index in [-0.39, 0.29) is 12.1 Å². The van der Waals surface area contributed by atoms with Crippen molar-refractivity contribution in [3.05, 3.63) is 65.2 Å². The summed E-state index contributed by atoms with van der Waals surface area (Å²) in [6.45, 7) is 3.32. The number of aryl methyl sites for hydroxylation is 1. The molecule has 0 aliphatic rings. The highest BCUT2D eigenvalue weighted by atomic mass is 19.4. The molecule has 1 N–H and O–H groups in total. The number of rotatable bonds is 5. The lowest BCUT2D eigenvalue weighted by Gasteiger charge is -2.14. The van der Waals surface area contributed by atoms with Gasteiger partial charge in [0.25, 0.3) is 5.91 Å². The average Bonchev–Trinajstić information content (AvgIpc) is 2.56. The van der Waals surface area contributed by atoms with Crippen molar-refractivity contribution in [2.24, 2.45) is 0 Å². The van der Waals surface area contributed by atoms with Crippen LogP contribution >= 0.6 is 0 Å². The molecule has 0 aromatic heterocycles. The SMILES string of the molecule is Cc1ccc(CC(=O)OC(C)C(=O)Nc2ccc(C(F)(F)F)cc2)cc1. The molecule has 4 nitrogen and oxygen atoms in total. The van der Waals surface area contributed by atoms with Gasteiger partial charge in [-0.05, 0) is 43.7 Å². The number of amides is 1. The van der Waals surface area contributed by atoms with E-state index >= 15 is 0 Å². The monoisotopic (exact) mass is 365 g/mol. The van der Waals surface area contributed by atoms with E-state index in [1.54, 1.807) is 12.1 Å². The van der Waals surface area contributed by atoms with Crippen LogP contribution in [0.4, 0.5) is 18.9 Å². The van der Waals surface area contributed by atoms with Crippen LogP contribution in [0.2, 0.25) is 0 Å². The Morgan fingerprint density at radius 3 is 2.15 bits per heavy atom. The van der Waals surface area contributed by atoms with Crippen molar-refractivity contribution in [2.45, 2.75) is 32.5 Å². The van der Waals surface area contributed by atoms with E-state index in [0.717, 1.165) is 35.4 Å². The summed E-state index contributed by atoms with van der Waals surface area (Å²) in [7, 11) is 0. The van der Waals surface area contributed by atoms with Crippen LogP contribution < -0.4 is 5.32 Å². The summed E-state index contributed by atoms with van der Waals surface area (Å²) in [6.07, 6.45) is -5.49. The summed E-state index contributed by atoms with van der Waals surface area (Å²) >= 11 is 0. The lowest BCUT2D eigenvalue weighted by Crippen LogP contribution is -2.30. The van der Waals surface area contributed by atoms with E-state index in [1.807, 2.05) is 19.1 Å². The maximum Gasteiger partial charge on any atom is 0.416 e. The second kappa shape index (κ2) is 8.03. The highest BCUT2D eigenvalue weighted by Gasteiger charge is 2.30. The fourth-order valence-electron chi connectivity index (χ4n) is 2.15. The van der Waals surface area contributed by atoms with Crippen molar-refractivity contribution in [1.29, 1.82) is 0 Å². The summed E-state index contributed by atoms with van der Waals surface area (Å²) in [6, 6.07) is 11.3. The molecule has 26 heavy (non-hydrogen) atoms. The van der Waals surface area contributed by atoms with Crippen LogP contribution in [0.3, 0.4) is 0 Å². The summed E-state index contributed by atoms with van der Waals surface area (Å²) in [4.78, 5) is 23.9. The molecule has 0 bridgehead atoms. The van der Waals surface area contributed by atoms with E-state index in [1.165, 1.54) is 6.92 Å².